The predicted molar refractivity (Wildman–Crippen MR) is 120 cm³/mol. The number of aromatic nitrogens is 1. The van der Waals surface area contributed by atoms with Crippen LogP contribution in [0.25, 0.3) is 0 Å². The predicted octanol–water partition coefficient (Wildman–Crippen LogP) is 4.52. The van der Waals surface area contributed by atoms with Crippen LogP contribution in [0.5, 0.6) is 0 Å². The van der Waals surface area contributed by atoms with Gasteiger partial charge in [0.2, 0.25) is 5.91 Å². The van der Waals surface area contributed by atoms with E-state index in [0.29, 0.717) is 30.6 Å². The van der Waals surface area contributed by atoms with Crippen molar-refractivity contribution < 1.29 is 28.0 Å². The van der Waals surface area contributed by atoms with Gasteiger partial charge in [-0.3, -0.25) is 9.59 Å². The highest BCUT2D eigenvalue weighted by Gasteiger charge is 2.26. The van der Waals surface area contributed by atoms with Crippen LogP contribution in [0.2, 0.25) is 0 Å². The van der Waals surface area contributed by atoms with E-state index in [0.717, 1.165) is 18.6 Å². The zero-order valence-corrected chi connectivity index (χ0v) is 19.7. The molecule has 0 saturated carbocycles. The number of halogens is 2. The summed E-state index contributed by atoms with van der Waals surface area (Å²) in [6.07, 6.45) is 0.695. The van der Waals surface area contributed by atoms with Crippen molar-refractivity contribution in [3.63, 3.8) is 0 Å². The van der Waals surface area contributed by atoms with Crippen LogP contribution in [0, 0.1) is 23.0 Å². The van der Waals surface area contributed by atoms with E-state index in [1.165, 1.54) is 0 Å². The third kappa shape index (κ3) is 8.57. The molecule has 33 heavy (non-hydrogen) atoms. The number of hydrogen-bond donors (Lipinski definition) is 3. The molecule has 0 aliphatic carbocycles. The molecular weight excluding hydrogens is 432 g/mol. The second-order valence-corrected chi connectivity index (χ2v) is 9.70. The number of amides is 2. The molecule has 1 heterocycles. The molecule has 1 aromatic carbocycles. The van der Waals surface area contributed by atoms with Crippen molar-refractivity contribution in [3.05, 3.63) is 47.2 Å². The Morgan fingerprint density at radius 2 is 1.76 bits per heavy atom. The number of aliphatic hydroxyl groups excluding tert-OH is 1. The average molecular weight is 466 g/mol. The smallest absolute Gasteiger partial charge is 0.254 e. The monoisotopic (exact) mass is 465 g/mol. The minimum absolute atomic E-state index is 0.184. The van der Waals surface area contributed by atoms with Crippen molar-refractivity contribution in [3.8, 4) is 0 Å². The van der Waals surface area contributed by atoms with Gasteiger partial charge >= 0.3 is 0 Å². The van der Waals surface area contributed by atoms with Crippen molar-refractivity contribution in [2.75, 3.05) is 5.32 Å². The minimum Gasteiger partial charge on any atom is -0.378 e. The Morgan fingerprint density at radius 1 is 1.12 bits per heavy atom. The zero-order chi connectivity index (χ0) is 24.8. The Kier molecular flexibility index (Phi) is 9.10. The van der Waals surface area contributed by atoms with Crippen LogP contribution in [0.4, 0.5) is 14.6 Å². The van der Waals surface area contributed by atoms with Crippen molar-refractivity contribution in [2.45, 2.75) is 72.4 Å². The molecule has 3 atom stereocenters. The molecule has 0 fully saturated rings. The van der Waals surface area contributed by atoms with Crippen LogP contribution >= 0.6 is 0 Å². The minimum atomic E-state index is -1.83. The quantitative estimate of drug-likeness (QED) is 0.478. The number of anilines is 1. The second kappa shape index (κ2) is 11.4. The normalized spacial score (nSPS) is 14.4. The van der Waals surface area contributed by atoms with Gasteiger partial charge in [-0.05, 0) is 41.9 Å². The number of rotatable bonds is 10. The number of benzene rings is 1. The van der Waals surface area contributed by atoms with E-state index in [4.69, 9.17) is 4.52 Å². The zero-order valence-electron chi connectivity index (χ0n) is 19.7. The highest BCUT2D eigenvalue weighted by molar-refractivity contribution is 5.97. The first-order chi connectivity index (χ1) is 15.4. The van der Waals surface area contributed by atoms with E-state index in [2.05, 4.69) is 43.5 Å². The first-order valence-electron chi connectivity index (χ1n) is 11.1. The van der Waals surface area contributed by atoms with Crippen LogP contribution in [0.1, 0.15) is 71.3 Å². The van der Waals surface area contributed by atoms with E-state index in [9.17, 15) is 23.5 Å². The first-order valence-corrected chi connectivity index (χ1v) is 11.1. The Balaban J connectivity index is 2.00. The Morgan fingerprint density at radius 3 is 2.33 bits per heavy atom. The summed E-state index contributed by atoms with van der Waals surface area (Å²) in [6, 6.07) is 3.03. The van der Waals surface area contributed by atoms with E-state index in [1.807, 2.05) is 6.92 Å². The fraction of sp³-hybridized carbons (Fsp3) is 0.542. The fourth-order valence-electron chi connectivity index (χ4n) is 3.83. The summed E-state index contributed by atoms with van der Waals surface area (Å²) < 4.78 is 32.1. The van der Waals surface area contributed by atoms with Crippen molar-refractivity contribution in [2.24, 2.45) is 11.3 Å². The molecule has 9 heteroatoms. The van der Waals surface area contributed by atoms with Gasteiger partial charge in [-0.2, -0.15) is 0 Å². The summed E-state index contributed by atoms with van der Waals surface area (Å²) in [5.41, 5.74) is -0.0598. The number of carbonyl (C=O) groups is 2. The molecule has 2 amide bonds. The molecule has 0 saturated heterocycles. The Labute approximate surface area is 192 Å². The average Bonchev–Trinajstić information content (AvgIpc) is 3.11. The molecular formula is C24H33F2N3O4. The highest BCUT2D eigenvalue weighted by atomic mass is 19.1. The molecule has 0 spiro atoms. The number of hydrogen-bond acceptors (Lipinski definition) is 5. The molecule has 0 radical (unpaired) electrons. The number of nitrogens with one attached hydrogen (secondary N) is 2. The van der Waals surface area contributed by atoms with Gasteiger partial charge in [-0.15, -0.1) is 0 Å². The van der Waals surface area contributed by atoms with Crippen LogP contribution in [-0.4, -0.2) is 28.1 Å². The lowest BCUT2D eigenvalue weighted by Gasteiger charge is -2.22. The summed E-state index contributed by atoms with van der Waals surface area (Å²) in [5, 5.41) is 19.1. The summed E-state index contributed by atoms with van der Waals surface area (Å²) in [4.78, 5) is 25.1. The fourth-order valence-corrected chi connectivity index (χ4v) is 3.83. The number of aliphatic hydroxyl groups is 1. The van der Waals surface area contributed by atoms with Crippen molar-refractivity contribution >= 4 is 17.6 Å². The summed E-state index contributed by atoms with van der Waals surface area (Å²) >= 11 is 0. The van der Waals surface area contributed by atoms with E-state index < -0.39 is 35.6 Å². The molecule has 0 aliphatic rings. The molecule has 7 nitrogen and oxygen atoms in total. The maximum absolute atomic E-state index is 13.4. The molecule has 2 aromatic rings. The number of carbonyl (C=O) groups excluding carboxylic acids is 2. The van der Waals surface area contributed by atoms with E-state index in [1.54, 1.807) is 6.07 Å². The van der Waals surface area contributed by atoms with Gasteiger partial charge in [0, 0.05) is 18.6 Å². The van der Waals surface area contributed by atoms with Crippen LogP contribution in [0.3, 0.4) is 0 Å². The lowest BCUT2D eigenvalue weighted by molar-refractivity contribution is -0.133. The van der Waals surface area contributed by atoms with E-state index >= 15 is 0 Å². The standard InChI is InChI=1S/C24H33F2N3O4/c1-6-7-19(27-23(32)21(30)15-9-16(25)11-17(26)10-15)22(31)28-20-12-18(33-29-20)8-14(2)13-24(3,4)5/h9-12,14,19,21,30H,6-8,13H2,1-5H3,(H,27,32)(H,28,29,31). The summed E-state index contributed by atoms with van der Waals surface area (Å²) in [7, 11) is 0. The SMILES string of the molecule is CCCC(NC(=O)C(O)c1cc(F)cc(F)c1)C(=O)Nc1cc(CC(C)CC(C)(C)C)on1. The third-order valence-corrected chi connectivity index (χ3v) is 4.98. The molecule has 2 rings (SSSR count). The van der Waals surface area contributed by atoms with Gasteiger partial charge in [0.1, 0.15) is 23.4 Å². The molecule has 0 aliphatic heterocycles. The number of nitrogens with zero attached hydrogens (tertiary/aromatic N) is 1. The van der Waals surface area contributed by atoms with E-state index in [-0.39, 0.29) is 23.2 Å². The largest absolute Gasteiger partial charge is 0.378 e. The maximum Gasteiger partial charge on any atom is 0.254 e. The Bertz CT molecular complexity index is 935. The van der Waals surface area contributed by atoms with Crippen LogP contribution in [-0.2, 0) is 16.0 Å². The van der Waals surface area contributed by atoms with Crippen LogP contribution < -0.4 is 10.6 Å². The van der Waals surface area contributed by atoms with Gasteiger partial charge in [0.05, 0.1) is 0 Å². The molecule has 0 bridgehead atoms. The van der Waals surface area contributed by atoms with Gasteiger partial charge in [0.25, 0.3) is 5.91 Å². The van der Waals surface area contributed by atoms with Gasteiger partial charge < -0.3 is 20.3 Å². The topological polar surface area (TPSA) is 104 Å². The molecule has 1 aromatic heterocycles. The lowest BCUT2D eigenvalue weighted by atomic mass is 9.84. The Hall–Kier alpha value is -2.81. The second-order valence-electron chi connectivity index (χ2n) is 9.70. The molecule has 3 N–H and O–H groups in total. The third-order valence-electron chi connectivity index (χ3n) is 4.98. The summed E-state index contributed by atoms with van der Waals surface area (Å²) in [5.74, 6) is -2.09. The molecule has 3 unspecified atom stereocenters. The van der Waals surface area contributed by atoms with Crippen molar-refractivity contribution in [1.82, 2.24) is 10.5 Å². The lowest BCUT2D eigenvalue weighted by Crippen LogP contribution is -2.45. The van der Waals surface area contributed by atoms with Crippen molar-refractivity contribution in [1.29, 1.82) is 0 Å². The maximum atomic E-state index is 13.4. The van der Waals surface area contributed by atoms with Gasteiger partial charge in [0.15, 0.2) is 11.9 Å². The first kappa shape index (κ1) is 26.4. The molecule has 182 valence electrons. The highest BCUT2D eigenvalue weighted by Crippen LogP contribution is 2.27. The van der Waals surface area contributed by atoms with Crippen LogP contribution in [0.15, 0.2) is 28.8 Å². The van der Waals surface area contributed by atoms with Gasteiger partial charge in [-0.25, -0.2) is 8.78 Å². The van der Waals surface area contributed by atoms with Gasteiger partial charge in [-0.1, -0.05) is 46.2 Å². The summed E-state index contributed by atoms with van der Waals surface area (Å²) in [6.45, 7) is 10.4.